The molecule has 5 nitrogen and oxygen atoms in total. The van der Waals surface area contributed by atoms with Crippen LogP contribution in [0.3, 0.4) is 0 Å². The molecule has 0 bridgehead atoms. The summed E-state index contributed by atoms with van der Waals surface area (Å²) in [4.78, 5) is 27.3. The smallest absolute Gasteiger partial charge is 0.338 e. The second kappa shape index (κ2) is 4.72. The number of nitrogens with one attached hydrogen (secondary N) is 1. The monoisotopic (exact) mass is 332 g/mol. The number of nitrogens with zero attached hydrogens (tertiary/aromatic N) is 1. The second-order valence-corrected chi connectivity index (χ2v) is 6.71. The highest BCUT2D eigenvalue weighted by Gasteiger charge is 2.47. The maximum absolute atomic E-state index is 13.2. The fourth-order valence-electron chi connectivity index (χ4n) is 3.91. The number of amides is 1. The van der Waals surface area contributed by atoms with Crippen molar-refractivity contribution in [3.05, 3.63) is 69.9 Å². The molecule has 0 radical (unpaired) electrons. The molecule has 2 aromatic carbocycles. The molecule has 3 aliphatic rings. The van der Waals surface area contributed by atoms with Crippen molar-refractivity contribution in [2.45, 2.75) is 19.9 Å². The highest BCUT2D eigenvalue weighted by atomic mass is 16.5. The van der Waals surface area contributed by atoms with E-state index in [1.54, 1.807) is 4.90 Å². The summed E-state index contributed by atoms with van der Waals surface area (Å²) in [5, 5.41) is 3.34. The van der Waals surface area contributed by atoms with Gasteiger partial charge in [0.1, 0.15) is 6.61 Å². The number of benzene rings is 2. The molecule has 124 valence electrons. The largest absolute Gasteiger partial charge is 0.456 e. The van der Waals surface area contributed by atoms with Crippen molar-refractivity contribution in [1.82, 2.24) is 0 Å². The Bertz CT molecular complexity index is 1010. The zero-order chi connectivity index (χ0) is 17.3. The van der Waals surface area contributed by atoms with Gasteiger partial charge < -0.3 is 10.1 Å². The number of hydrogen-bond acceptors (Lipinski definition) is 4. The van der Waals surface area contributed by atoms with Gasteiger partial charge in [-0.05, 0) is 48.7 Å². The Morgan fingerprint density at radius 1 is 1.12 bits per heavy atom. The average Bonchev–Trinajstić information content (AvgIpc) is 3.04. The SMILES string of the molecule is Cc1cc2c(cc1C)N1C(=O)c3ccccc3C1C1=C(COC1=O)N2. The standard InChI is InChI=1S/C20H16N2O3/c1-10-7-14-16(8-11(10)2)22-18(17-15(21-14)9-25-20(17)24)12-5-3-4-6-13(12)19(22)23/h3-8,18,21H,9H2,1-2H3. The average molecular weight is 332 g/mol. The molecule has 0 spiro atoms. The first-order chi connectivity index (χ1) is 12.1. The van der Waals surface area contributed by atoms with Crippen molar-refractivity contribution >= 4 is 23.3 Å². The predicted octanol–water partition coefficient (Wildman–Crippen LogP) is 3.24. The number of cyclic esters (lactones) is 1. The van der Waals surface area contributed by atoms with E-state index in [0.29, 0.717) is 11.1 Å². The normalized spacial score (nSPS) is 20.4. The molecule has 1 amide bonds. The highest BCUT2D eigenvalue weighted by Crippen LogP contribution is 2.49. The van der Waals surface area contributed by atoms with Crippen LogP contribution in [0.4, 0.5) is 11.4 Å². The topological polar surface area (TPSA) is 58.6 Å². The van der Waals surface area contributed by atoms with Crippen molar-refractivity contribution in [3.8, 4) is 0 Å². The van der Waals surface area contributed by atoms with Crippen LogP contribution >= 0.6 is 0 Å². The number of carbonyl (C=O) groups excluding carboxylic acids is 2. The van der Waals surface area contributed by atoms with Gasteiger partial charge in [-0.25, -0.2) is 4.79 Å². The predicted molar refractivity (Wildman–Crippen MR) is 93.5 cm³/mol. The molecule has 0 saturated carbocycles. The molecule has 0 aromatic heterocycles. The van der Waals surface area contributed by atoms with Gasteiger partial charge in [0.05, 0.1) is 28.7 Å². The lowest BCUT2D eigenvalue weighted by molar-refractivity contribution is -0.136. The van der Waals surface area contributed by atoms with Gasteiger partial charge in [0.25, 0.3) is 5.91 Å². The van der Waals surface area contributed by atoms with Crippen molar-refractivity contribution in [2.24, 2.45) is 0 Å². The van der Waals surface area contributed by atoms with Gasteiger partial charge in [-0.15, -0.1) is 0 Å². The maximum Gasteiger partial charge on any atom is 0.338 e. The van der Waals surface area contributed by atoms with Crippen LogP contribution in [-0.4, -0.2) is 18.5 Å². The minimum absolute atomic E-state index is 0.0830. The van der Waals surface area contributed by atoms with Crippen LogP contribution < -0.4 is 10.2 Å². The minimum Gasteiger partial charge on any atom is -0.456 e. The number of anilines is 2. The Kier molecular flexibility index (Phi) is 2.70. The summed E-state index contributed by atoms with van der Waals surface area (Å²) in [5.41, 5.74) is 6.64. The lowest BCUT2D eigenvalue weighted by Crippen LogP contribution is -2.30. The fourth-order valence-corrected chi connectivity index (χ4v) is 3.91. The van der Waals surface area contributed by atoms with E-state index in [9.17, 15) is 9.59 Å². The summed E-state index contributed by atoms with van der Waals surface area (Å²) >= 11 is 0. The number of ether oxygens (including phenoxy) is 1. The molecule has 2 aromatic rings. The van der Waals surface area contributed by atoms with Crippen molar-refractivity contribution < 1.29 is 14.3 Å². The third-order valence-electron chi connectivity index (χ3n) is 5.29. The Labute approximate surface area is 144 Å². The van der Waals surface area contributed by atoms with E-state index >= 15 is 0 Å². The van der Waals surface area contributed by atoms with Crippen molar-refractivity contribution in [2.75, 3.05) is 16.8 Å². The summed E-state index contributed by atoms with van der Waals surface area (Å²) in [7, 11) is 0. The molecule has 0 aliphatic carbocycles. The van der Waals surface area contributed by atoms with Crippen LogP contribution in [0, 0.1) is 13.8 Å². The molecule has 1 N–H and O–H groups in total. The van der Waals surface area contributed by atoms with Gasteiger partial charge in [-0.1, -0.05) is 18.2 Å². The first-order valence-electron chi connectivity index (χ1n) is 8.27. The lowest BCUT2D eigenvalue weighted by atomic mass is 9.97. The Balaban J connectivity index is 1.84. The van der Waals surface area contributed by atoms with E-state index in [-0.39, 0.29) is 18.5 Å². The summed E-state index contributed by atoms with van der Waals surface area (Å²) in [5.74, 6) is -0.441. The fraction of sp³-hybridized carbons (Fsp3) is 0.200. The van der Waals surface area contributed by atoms with E-state index in [1.807, 2.05) is 50.2 Å². The van der Waals surface area contributed by atoms with Crippen LogP contribution in [-0.2, 0) is 9.53 Å². The van der Waals surface area contributed by atoms with E-state index < -0.39 is 6.04 Å². The van der Waals surface area contributed by atoms with Crippen molar-refractivity contribution in [3.63, 3.8) is 0 Å². The summed E-state index contributed by atoms with van der Waals surface area (Å²) in [6.07, 6.45) is 0. The van der Waals surface area contributed by atoms with Gasteiger partial charge in [0.15, 0.2) is 0 Å². The number of fused-ring (bicyclic) bond motifs is 6. The van der Waals surface area contributed by atoms with Crippen molar-refractivity contribution in [1.29, 1.82) is 0 Å². The quantitative estimate of drug-likeness (QED) is 0.753. The zero-order valence-corrected chi connectivity index (χ0v) is 13.9. The maximum atomic E-state index is 13.2. The molecular weight excluding hydrogens is 316 g/mol. The van der Waals surface area contributed by atoms with Gasteiger partial charge >= 0.3 is 5.97 Å². The van der Waals surface area contributed by atoms with Gasteiger partial charge in [-0.2, -0.15) is 0 Å². The van der Waals surface area contributed by atoms with Gasteiger partial charge in [0, 0.05) is 5.56 Å². The lowest BCUT2D eigenvalue weighted by Gasteiger charge is -2.26. The third kappa shape index (κ3) is 1.78. The Morgan fingerprint density at radius 3 is 2.72 bits per heavy atom. The van der Waals surface area contributed by atoms with Crippen LogP contribution in [0.1, 0.15) is 33.1 Å². The van der Waals surface area contributed by atoms with E-state index in [2.05, 4.69) is 5.32 Å². The van der Waals surface area contributed by atoms with Gasteiger partial charge in [0.2, 0.25) is 0 Å². The molecule has 5 rings (SSSR count). The summed E-state index contributed by atoms with van der Waals surface area (Å²) < 4.78 is 5.27. The Hall–Kier alpha value is -3.08. The Morgan fingerprint density at radius 2 is 1.88 bits per heavy atom. The van der Waals surface area contributed by atoms with Crippen LogP contribution in [0.25, 0.3) is 0 Å². The molecular formula is C20H16N2O3. The molecule has 5 heteroatoms. The number of rotatable bonds is 0. The molecule has 3 aliphatic heterocycles. The highest BCUT2D eigenvalue weighted by molar-refractivity contribution is 6.15. The molecule has 25 heavy (non-hydrogen) atoms. The molecule has 3 heterocycles. The van der Waals surface area contributed by atoms with Crippen LogP contribution in [0.15, 0.2) is 47.7 Å². The van der Waals surface area contributed by atoms with Crippen LogP contribution in [0.2, 0.25) is 0 Å². The van der Waals surface area contributed by atoms with E-state index in [0.717, 1.165) is 33.8 Å². The summed E-state index contributed by atoms with van der Waals surface area (Å²) in [6, 6.07) is 11.1. The first kappa shape index (κ1) is 14.3. The number of aryl methyl sites for hydroxylation is 2. The number of hydrogen-bond donors (Lipinski definition) is 1. The molecule has 0 fully saturated rings. The van der Waals surface area contributed by atoms with E-state index in [1.165, 1.54) is 0 Å². The minimum atomic E-state index is -0.440. The van der Waals surface area contributed by atoms with Gasteiger partial charge in [-0.3, -0.25) is 9.69 Å². The number of esters is 1. The first-order valence-corrected chi connectivity index (χ1v) is 8.27. The molecule has 0 saturated heterocycles. The number of carbonyl (C=O) groups is 2. The van der Waals surface area contributed by atoms with E-state index in [4.69, 9.17) is 4.74 Å². The van der Waals surface area contributed by atoms with Crippen LogP contribution in [0.5, 0.6) is 0 Å². The third-order valence-corrected chi connectivity index (χ3v) is 5.29. The second-order valence-electron chi connectivity index (χ2n) is 6.71. The molecule has 1 atom stereocenters. The summed E-state index contributed by atoms with van der Waals surface area (Å²) in [6.45, 7) is 4.27. The zero-order valence-electron chi connectivity index (χ0n) is 13.9. The molecule has 1 unspecified atom stereocenters.